The van der Waals surface area contributed by atoms with E-state index in [1.807, 2.05) is 6.07 Å². The second kappa shape index (κ2) is 9.91. The van der Waals surface area contributed by atoms with Crippen molar-refractivity contribution in [1.29, 1.82) is 0 Å². The summed E-state index contributed by atoms with van der Waals surface area (Å²) in [5, 5.41) is 2.99. The molecule has 0 radical (unpaired) electrons. The number of hydrogen-bond donors (Lipinski definition) is 1. The Kier molecular flexibility index (Phi) is 7.05. The predicted octanol–water partition coefficient (Wildman–Crippen LogP) is 5.16. The van der Waals surface area contributed by atoms with E-state index in [2.05, 4.69) is 5.32 Å². The Balaban J connectivity index is 1.66. The molecule has 0 saturated heterocycles. The van der Waals surface area contributed by atoms with E-state index in [0.717, 1.165) is 5.56 Å². The lowest BCUT2D eigenvalue weighted by Crippen LogP contribution is -2.14. The number of carbonyl (C=O) groups excluding carboxylic acids is 3. The van der Waals surface area contributed by atoms with Crippen LogP contribution in [0.3, 0.4) is 0 Å². The van der Waals surface area contributed by atoms with Gasteiger partial charge < -0.3 is 14.8 Å². The number of anilines is 1. The Morgan fingerprint density at radius 2 is 1.65 bits per heavy atom. The minimum absolute atomic E-state index is 0.196. The molecule has 0 atom stereocenters. The number of rotatable bonds is 7. The lowest BCUT2D eigenvalue weighted by atomic mass is 10.1. The monoisotopic (exact) mass is 437 g/mol. The Labute approximate surface area is 184 Å². The van der Waals surface area contributed by atoms with Gasteiger partial charge in [-0.15, -0.1) is 0 Å². The van der Waals surface area contributed by atoms with E-state index in [1.54, 1.807) is 60.7 Å². The molecule has 0 saturated carbocycles. The fourth-order valence-corrected chi connectivity index (χ4v) is 3.13. The van der Waals surface area contributed by atoms with E-state index in [1.165, 1.54) is 14.0 Å². The number of amides is 1. The molecule has 0 heterocycles. The number of para-hydroxylation sites is 1. The molecule has 0 fully saturated rings. The van der Waals surface area contributed by atoms with Crippen LogP contribution in [0.15, 0.2) is 66.7 Å². The van der Waals surface area contributed by atoms with Crippen molar-refractivity contribution in [1.82, 2.24) is 0 Å². The lowest BCUT2D eigenvalue weighted by Gasteiger charge is -2.12. The summed E-state index contributed by atoms with van der Waals surface area (Å²) in [5.74, 6) is -0.448. The van der Waals surface area contributed by atoms with Gasteiger partial charge in [0.25, 0.3) is 5.91 Å². The molecule has 0 spiro atoms. The van der Waals surface area contributed by atoms with Gasteiger partial charge in [-0.2, -0.15) is 0 Å². The third-order valence-corrected chi connectivity index (χ3v) is 4.82. The van der Waals surface area contributed by atoms with Gasteiger partial charge in [-0.05, 0) is 61.0 Å². The smallest absolute Gasteiger partial charge is 0.337 e. The number of ketones is 1. The number of halogens is 1. The lowest BCUT2D eigenvalue weighted by molar-refractivity contribution is 0.0600. The van der Waals surface area contributed by atoms with Gasteiger partial charge in [0.2, 0.25) is 0 Å². The van der Waals surface area contributed by atoms with E-state index < -0.39 is 11.9 Å². The molecule has 3 aromatic rings. The summed E-state index contributed by atoms with van der Waals surface area (Å²) in [4.78, 5) is 36.0. The van der Waals surface area contributed by atoms with E-state index in [4.69, 9.17) is 21.1 Å². The van der Waals surface area contributed by atoms with Crippen molar-refractivity contribution in [2.75, 3.05) is 12.4 Å². The second-order valence-corrected chi connectivity index (χ2v) is 7.08. The Hall–Kier alpha value is -3.64. The summed E-state index contributed by atoms with van der Waals surface area (Å²) < 4.78 is 10.4. The molecule has 0 aliphatic heterocycles. The van der Waals surface area contributed by atoms with Crippen molar-refractivity contribution in [3.63, 3.8) is 0 Å². The molecule has 0 aliphatic rings. The zero-order valence-corrected chi connectivity index (χ0v) is 17.7. The van der Waals surface area contributed by atoms with Crippen LogP contribution in [0.4, 0.5) is 5.69 Å². The van der Waals surface area contributed by atoms with Crippen LogP contribution in [0.1, 0.15) is 43.6 Å². The van der Waals surface area contributed by atoms with Crippen LogP contribution in [0, 0.1) is 0 Å². The molecule has 0 unspecified atom stereocenters. The van der Waals surface area contributed by atoms with Crippen LogP contribution in [0.25, 0.3) is 0 Å². The van der Waals surface area contributed by atoms with Crippen molar-refractivity contribution in [2.45, 2.75) is 13.5 Å². The van der Waals surface area contributed by atoms with E-state index >= 15 is 0 Å². The number of hydrogen-bond acceptors (Lipinski definition) is 5. The van der Waals surface area contributed by atoms with Gasteiger partial charge >= 0.3 is 5.97 Å². The Morgan fingerprint density at radius 3 is 2.32 bits per heavy atom. The van der Waals surface area contributed by atoms with Gasteiger partial charge in [0.15, 0.2) is 5.78 Å². The quantitative estimate of drug-likeness (QED) is 0.408. The van der Waals surface area contributed by atoms with E-state index in [0.29, 0.717) is 22.4 Å². The molecule has 3 aromatic carbocycles. The van der Waals surface area contributed by atoms with E-state index in [9.17, 15) is 14.4 Å². The predicted molar refractivity (Wildman–Crippen MR) is 118 cm³/mol. The van der Waals surface area contributed by atoms with Crippen LogP contribution in [0.5, 0.6) is 5.75 Å². The highest BCUT2D eigenvalue weighted by atomic mass is 35.5. The maximum absolute atomic E-state index is 12.6. The van der Waals surface area contributed by atoms with Crippen molar-refractivity contribution in [3.8, 4) is 5.75 Å². The summed E-state index contributed by atoms with van der Waals surface area (Å²) in [6.45, 7) is 1.66. The normalized spacial score (nSPS) is 10.3. The number of esters is 1. The zero-order valence-electron chi connectivity index (χ0n) is 17.0. The highest BCUT2D eigenvalue weighted by Gasteiger charge is 2.15. The average Bonchev–Trinajstić information content (AvgIpc) is 2.78. The molecule has 1 N–H and O–H groups in total. The first-order valence-electron chi connectivity index (χ1n) is 9.40. The Morgan fingerprint density at radius 1 is 0.935 bits per heavy atom. The first-order valence-corrected chi connectivity index (χ1v) is 9.77. The minimum atomic E-state index is -0.413. The molecule has 0 bridgehead atoms. The number of carbonyl (C=O) groups is 3. The largest absolute Gasteiger partial charge is 0.489 e. The fraction of sp³-hybridized carbons (Fsp3) is 0.125. The molecule has 7 heteroatoms. The molecular formula is C24H20ClNO5. The molecule has 31 heavy (non-hydrogen) atoms. The molecule has 158 valence electrons. The summed E-state index contributed by atoms with van der Waals surface area (Å²) in [6, 6.07) is 18.4. The highest BCUT2D eigenvalue weighted by Crippen LogP contribution is 2.27. The van der Waals surface area contributed by atoms with Crippen LogP contribution in [-0.2, 0) is 11.3 Å². The molecule has 1 amide bonds. The fourth-order valence-electron chi connectivity index (χ4n) is 2.91. The summed E-state index contributed by atoms with van der Waals surface area (Å²) in [6.07, 6.45) is 0. The van der Waals surface area contributed by atoms with Crippen LogP contribution < -0.4 is 10.1 Å². The second-order valence-electron chi connectivity index (χ2n) is 6.68. The molecule has 3 rings (SSSR count). The highest BCUT2D eigenvalue weighted by molar-refractivity contribution is 6.35. The van der Waals surface area contributed by atoms with Gasteiger partial charge in [0, 0.05) is 11.1 Å². The van der Waals surface area contributed by atoms with Gasteiger partial charge in [-0.1, -0.05) is 29.8 Å². The maximum atomic E-state index is 12.6. The summed E-state index contributed by atoms with van der Waals surface area (Å²) >= 11 is 6.15. The third-order valence-electron chi connectivity index (χ3n) is 4.50. The third kappa shape index (κ3) is 5.49. The standard InChI is InChI=1S/C24H20ClNO5/c1-15(27)20-7-4-8-21(25)22(20)26-23(28)17-9-11-19(12-10-17)31-14-16-5-3-6-18(13-16)24(29)30-2/h3-13H,14H2,1-2H3,(H,26,28). The molecular weight excluding hydrogens is 418 g/mol. The summed E-state index contributed by atoms with van der Waals surface area (Å²) in [7, 11) is 1.33. The number of nitrogens with one attached hydrogen (secondary N) is 1. The number of Topliss-reactive ketones (excluding diaryl/α,β-unsaturated/α-hetero) is 1. The number of methoxy groups -OCH3 is 1. The van der Waals surface area contributed by atoms with Crippen LogP contribution in [0.2, 0.25) is 5.02 Å². The Bertz CT molecular complexity index is 1130. The van der Waals surface area contributed by atoms with Crippen molar-refractivity contribution in [2.24, 2.45) is 0 Å². The maximum Gasteiger partial charge on any atom is 0.337 e. The van der Waals surface area contributed by atoms with Gasteiger partial charge in [-0.25, -0.2) is 4.79 Å². The molecule has 0 aromatic heterocycles. The SMILES string of the molecule is COC(=O)c1cccc(COc2ccc(C(=O)Nc3c(Cl)cccc3C(C)=O)cc2)c1. The van der Waals surface area contributed by atoms with Crippen molar-refractivity contribution < 1.29 is 23.9 Å². The number of ether oxygens (including phenoxy) is 2. The molecule has 6 nitrogen and oxygen atoms in total. The molecule has 0 aliphatic carbocycles. The van der Waals surface area contributed by atoms with Crippen molar-refractivity contribution in [3.05, 3.63) is 94.0 Å². The van der Waals surface area contributed by atoms with Crippen LogP contribution >= 0.6 is 11.6 Å². The summed E-state index contributed by atoms with van der Waals surface area (Å²) in [5.41, 5.74) is 2.26. The minimum Gasteiger partial charge on any atom is -0.489 e. The van der Waals surface area contributed by atoms with Crippen molar-refractivity contribution >= 4 is 34.9 Å². The first-order chi connectivity index (χ1) is 14.9. The van der Waals surface area contributed by atoms with Gasteiger partial charge in [0.1, 0.15) is 12.4 Å². The topological polar surface area (TPSA) is 81.7 Å². The zero-order chi connectivity index (χ0) is 22.4. The van der Waals surface area contributed by atoms with E-state index in [-0.39, 0.29) is 23.1 Å². The first kappa shape index (κ1) is 22.1. The average molecular weight is 438 g/mol. The van der Waals surface area contributed by atoms with Crippen LogP contribution in [-0.4, -0.2) is 24.8 Å². The number of benzene rings is 3. The van der Waals surface area contributed by atoms with Gasteiger partial charge in [0.05, 0.1) is 23.4 Å². The van der Waals surface area contributed by atoms with Gasteiger partial charge in [-0.3, -0.25) is 9.59 Å².